The number of amides is 1. The molecule has 0 aliphatic carbocycles. The van der Waals surface area contributed by atoms with Crippen LogP contribution < -0.4 is 15.4 Å². The van der Waals surface area contributed by atoms with E-state index in [4.69, 9.17) is 52.0 Å². The number of hydrogen-bond acceptors (Lipinski definition) is 10. The smallest absolute Gasteiger partial charge is 0.338 e. The second kappa shape index (κ2) is 21.1. The van der Waals surface area contributed by atoms with Crippen LogP contribution in [0.15, 0.2) is 54.6 Å². The lowest BCUT2D eigenvalue weighted by Crippen LogP contribution is -2.45. The lowest BCUT2D eigenvalue weighted by atomic mass is 9.62. The van der Waals surface area contributed by atoms with Gasteiger partial charge in [-0.2, -0.15) is 5.26 Å². The summed E-state index contributed by atoms with van der Waals surface area (Å²) in [5.41, 5.74) is -2.00. The first kappa shape index (κ1) is 45.8. The zero-order chi connectivity index (χ0) is 39.5. The average Bonchev–Trinajstić information content (AvgIpc) is 3.44. The molecule has 0 bridgehead atoms. The molecule has 16 heteroatoms. The van der Waals surface area contributed by atoms with Gasteiger partial charge in [-0.3, -0.25) is 4.79 Å². The Bertz CT molecular complexity index is 1810. The van der Waals surface area contributed by atoms with Crippen LogP contribution in [0, 0.1) is 28.4 Å². The molecular weight excluding hydrogens is 783 g/mol. The third-order valence-electron chi connectivity index (χ3n) is 8.87. The van der Waals surface area contributed by atoms with E-state index >= 15 is 8.78 Å². The Morgan fingerprint density at radius 2 is 1.62 bits per heavy atom. The number of nitrogens with zero attached hydrogens (tertiary/aromatic N) is 1. The van der Waals surface area contributed by atoms with Crippen LogP contribution in [0.4, 0.5) is 14.5 Å². The van der Waals surface area contributed by atoms with Gasteiger partial charge in [0.05, 0.1) is 81.7 Å². The first-order chi connectivity index (χ1) is 25.8. The molecule has 4 rings (SSSR count). The third kappa shape index (κ3) is 11.5. The first-order valence-electron chi connectivity index (χ1n) is 17.3. The van der Waals surface area contributed by atoms with Crippen molar-refractivity contribution in [3.8, 4) is 11.8 Å². The molecule has 300 valence electrons. The number of aliphatic hydroxyl groups is 1. The number of esters is 1. The van der Waals surface area contributed by atoms with Crippen LogP contribution in [-0.4, -0.2) is 89.0 Å². The Balaban J connectivity index is 0.00000812. The van der Waals surface area contributed by atoms with E-state index in [2.05, 4.69) is 16.7 Å². The van der Waals surface area contributed by atoms with E-state index in [0.717, 1.165) is 6.07 Å². The maximum Gasteiger partial charge on any atom is 0.338 e. The van der Waals surface area contributed by atoms with E-state index in [1.54, 1.807) is 0 Å². The quantitative estimate of drug-likeness (QED) is 0.0918. The number of anilines is 1. The molecule has 3 aromatic rings. The van der Waals surface area contributed by atoms with E-state index in [0.29, 0.717) is 26.2 Å². The summed E-state index contributed by atoms with van der Waals surface area (Å²) >= 11 is 12.4. The molecule has 4 atom stereocenters. The summed E-state index contributed by atoms with van der Waals surface area (Å²) in [6.45, 7) is 7.44. The van der Waals surface area contributed by atoms with Crippen molar-refractivity contribution in [1.29, 1.82) is 5.26 Å². The lowest BCUT2D eigenvalue weighted by molar-refractivity contribution is -0.118. The van der Waals surface area contributed by atoms with E-state index in [1.807, 2.05) is 20.8 Å². The molecule has 1 saturated heterocycles. The highest BCUT2D eigenvalue weighted by molar-refractivity contribution is 6.31. The second-order valence-corrected chi connectivity index (χ2v) is 14.6. The maximum atomic E-state index is 16.0. The Kier molecular flexibility index (Phi) is 17.6. The normalized spacial score (nSPS) is 19.3. The summed E-state index contributed by atoms with van der Waals surface area (Å²) in [5, 5.41) is 25.7. The molecule has 1 aliphatic rings. The maximum absolute atomic E-state index is 16.0. The summed E-state index contributed by atoms with van der Waals surface area (Å²) < 4.78 is 58.6. The summed E-state index contributed by atoms with van der Waals surface area (Å²) in [5.74, 6) is -4.09. The van der Waals surface area contributed by atoms with E-state index < -0.39 is 52.3 Å². The van der Waals surface area contributed by atoms with Crippen molar-refractivity contribution in [3.63, 3.8) is 0 Å². The number of aliphatic hydroxyl groups excluding tert-OH is 1. The highest BCUT2D eigenvalue weighted by atomic mass is 35.5. The van der Waals surface area contributed by atoms with Crippen molar-refractivity contribution in [2.45, 2.75) is 50.6 Å². The van der Waals surface area contributed by atoms with Crippen molar-refractivity contribution in [2.75, 3.05) is 65.3 Å². The first-order valence-corrected chi connectivity index (χ1v) is 18.1. The molecule has 55 heavy (non-hydrogen) atoms. The minimum Gasteiger partial charge on any atom is -0.495 e. The van der Waals surface area contributed by atoms with Crippen molar-refractivity contribution in [2.24, 2.45) is 5.41 Å². The number of nitrogens with one attached hydrogen (secondary N) is 2. The van der Waals surface area contributed by atoms with Gasteiger partial charge in [0.2, 0.25) is 5.91 Å². The molecule has 1 heterocycles. The molecular formula is C39H46Cl3F2N3O8. The summed E-state index contributed by atoms with van der Waals surface area (Å²) in [6, 6.07) is 12.7. The van der Waals surface area contributed by atoms with Gasteiger partial charge in [-0.1, -0.05) is 62.2 Å². The molecule has 0 aromatic heterocycles. The highest BCUT2D eigenvalue weighted by Gasteiger charge is 2.61. The molecule has 3 aromatic carbocycles. The number of hydrogen-bond donors (Lipinski definition) is 3. The summed E-state index contributed by atoms with van der Waals surface area (Å²) in [4.78, 5) is 27.2. The molecule has 11 nitrogen and oxygen atoms in total. The van der Waals surface area contributed by atoms with Gasteiger partial charge in [0.15, 0.2) is 0 Å². The Morgan fingerprint density at radius 1 is 0.964 bits per heavy atom. The zero-order valence-electron chi connectivity index (χ0n) is 31.0. The zero-order valence-corrected chi connectivity index (χ0v) is 33.3. The molecule has 0 unspecified atom stereocenters. The predicted molar refractivity (Wildman–Crippen MR) is 206 cm³/mol. The van der Waals surface area contributed by atoms with Gasteiger partial charge in [-0.05, 0) is 53.8 Å². The fraction of sp³-hybridized carbons (Fsp3) is 0.462. The standard InChI is InChI=1S/C39H45Cl2F2N3O8.ClH/c1-38(2,3)22-32-39(23-44,27-10-9-25(40)21-29(27)42)33(26-6-5-7-28(41)34(26)43)35(46-32)36(48)45-30-11-8-24(20-31(30)50-4)37(49)54-19-18-53-17-16-52-15-14-51-13-12-47;/h5-11,20-21,32-33,35,46-47H,12-19,22H2,1-4H3,(H,45,48);1H/t32-,33-,35+,39-;/m0./s1. The predicted octanol–water partition coefficient (Wildman–Crippen LogP) is 6.86. The Labute approximate surface area is 335 Å². The van der Waals surface area contributed by atoms with E-state index in [-0.39, 0.29) is 83.6 Å². The molecule has 1 fully saturated rings. The second-order valence-electron chi connectivity index (χ2n) is 13.8. The fourth-order valence-corrected chi connectivity index (χ4v) is 6.91. The number of carbonyl (C=O) groups is 2. The summed E-state index contributed by atoms with van der Waals surface area (Å²) in [7, 11) is 1.36. The van der Waals surface area contributed by atoms with E-state index in [1.165, 1.54) is 55.6 Å². The van der Waals surface area contributed by atoms with Crippen LogP contribution in [0.3, 0.4) is 0 Å². The molecule has 1 amide bonds. The van der Waals surface area contributed by atoms with Crippen LogP contribution in [0.1, 0.15) is 54.6 Å². The summed E-state index contributed by atoms with van der Waals surface area (Å²) in [6.07, 6.45) is 0.297. The minimum atomic E-state index is -1.81. The number of rotatable bonds is 18. The van der Waals surface area contributed by atoms with Gasteiger partial charge >= 0.3 is 5.97 Å². The molecule has 0 saturated carbocycles. The van der Waals surface area contributed by atoms with Crippen molar-refractivity contribution in [1.82, 2.24) is 5.32 Å². The van der Waals surface area contributed by atoms with Crippen LogP contribution >= 0.6 is 35.6 Å². The molecule has 0 radical (unpaired) electrons. The van der Waals surface area contributed by atoms with Crippen molar-refractivity contribution in [3.05, 3.63) is 93.0 Å². The van der Waals surface area contributed by atoms with E-state index in [9.17, 15) is 14.9 Å². The monoisotopic (exact) mass is 827 g/mol. The van der Waals surface area contributed by atoms with Gasteiger partial charge in [0.25, 0.3) is 0 Å². The van der Waals surface area contributed by atoms with Gasteiger partial charge in [0.1, 0.15) is 29.4 Å². The highest BCUT2D eigenvalue weighted by Crippen LogP contribution is 2.53. The van der Waals surface area contributed by atoms with Crippen LogP contribution in [-0.2, 0) is 29.2 Å². The number of benzene rings is 3. The average molecular weight is 829 g/mol. The topological polar surface area (TPSA) is 148 Å². The SMILES string of the molecule is COc1cc(C(=O)OCCOCCOCCOCCO)ccc1NC(=O)[C@@H]1N[C@@H](CC(C)(C)C)[C@](C#N)(c2ccc(Cl)cc2F)[C@H]1c1cccc(Cl)c1F.Cl. The largest absolute Gasteiger partial charge is 0.495 e. The van der Waals surface area contributed by atoms with Crippen molar-refractivity contribution >= 4 is 53.2 Å². The van der Waals surface area contributed by atoms with Crippen LogP contribution in [0.5, 0.6) is 5.75 Å². The molecule has 1 aliphatic heterocycles. The number of halogens is 5. The third-order valence-corrected chi connectivity index (χ3v) is 9.39. The Morgan fingerprint density at radius 3 is 2.22 bits per heavy atom. The van der Waals surface area contributed by atoms with Gasteiger partial charge < -0.3 is 39.4 Å². The van der Waals surface area contributed by atoms with Gasteiger partial charge in [-0.15, -0.1) is 12.4 Å². The van der Waals surface area contributed by atoms with Gasteiger partial charge in [0, 0.05) is 22.5 Å². The number of methoxy groups -OCH3 is 1. The fourth-order valence-electron chi connectivity index (χ4n) is 6.57. The number of ether oxygens (including phenoxy) is 5. The molecule has 0 spiro atoms. The van der Waals surface area contributed by atoms with Gasteiger partial charge in [-0.25, -0.2) is 13.6 Å². The Hall–Kier alpha value is -3.58. The molecule has 3 N–H and O–H groups in total. The van der Waals surface area contributed by atoms with Crippen LogP contribution in [0.2, 0.25) is 10.0 Å². The number of carbonyl (C=O) groups excluding carboxylic acids is 2. The van der Waals surface area contributed by atoms with Crippen molar-refractivity contribution < 1.29 is 47.2 Å². The van der Waals surface area contributed by atoms with Crippen LogP contribution in [0.25, 0.3) is 0 Å². The minimum absolute atomic E-state index is 0. The lowest BCUT2D eigenvalue weighted by Gasteiger charge is -2.37. The number of nitriles is 1.